The summed E-state index contributed by atoms with van der Waals surface area (Å²) in [4.78, 5) is 15.5. The third kappa shape index (κ3) is 3.78. The van der Waals surface area contributed by atoms with Gasteiger partial charge in [-0.25, -0.2) is 4.98 Å². The lowest BCUT2D eigenvalue weighted by Gasteiger charge is -2.06. The van der Waals surface area contributed by atoms with Crippen molar-refractivity contribution in [1.29, 1.82) is 0 Å². The van der Waals surface area contributed by atoms with Crippen LogP contribution in [0.2, 0.25) is 0 Å². The Morgan fingerprint density at radius 1 is 1.53 bits per heavy atom. The average Bonchev–Trinajstić information content (AvgIpc) is 2.80. The van der Waals surface area contributed by atoms with E-state index in [1.165, 1.54) is 18.4 Å². The van der Waals surface area contributed by atoms with Gasteiger partial charge in [-0.05, 0) is 30.7 Å². The van der Waals surface area contributed by atoms with Crippen molar-refractivity contribution in [3.63, 3.8) is 0 Å². The van der Waals surface area contributed by atoms with E-state index in [9.17, 15) is 4.79 Å². The predicted octanol–water partition coefficient (Wildman–Crippen LogP) is 3.67. The number of ether oxygens (including phenoxy) is 1. The highest BCUT2D eigenvalue weighted by Gasteiger charge is 2.08. The molecule has 1 aromatic carbocycles. The number of nitrogens with one attached hydrogen (secondary N) is 1. The van der Waals surface area contributed by atoms with Gasteiger partial charge in [0.1, 0.15) is 0 Å². The smallest absolute Gasteiger partial charge is 0.311 e. The van der Waals surface area contributed by atoms with E-state index in [1.54, 1.807) is 0 Å². The number of carbonyl (C=O) groups excluding carboxylic acids is 1. The number of aromatic nitrogens is 1. The van der Waals surface area contributed by atoms with Crippen molar-refractivity contribution >= 4 is 44.1 Å². The summed E-state index contributed by atoms with van der Waals surface area (Å²) >= 11 is 4.90. The molecule has 0 fully saturated rings. The van der Waals surface area contributed by atoms with Gasteiger partial charge in [0.15, 0.2) is 5.13 Å². The standard InChI is InChI=1S/C13H13BrN2O2S/c1-8-5-9(14)3-4-11(8)16-13-15-10(7-19-13)6-12(17)18-2/h3-5,7H,6H2,1-2H3,(H,15,16). The number of halogens is 1. The van der Waals surface area contributed by atoms with Crippen LogP contribution in [0, 0.1) is 6.92 Å². The van der Waals surface area contributed by atoms with Crippen molar-refractivity contribution in [2.45, 2.75) is 13.3 Å². The van der Waals surface area contributed by atoms with Gasteiger partial charge >= 0.3 is 5.97 Å². The molecule has 1 heterocycles. The fourth-order valence-electron chi connectivity index (χ4n) is 1.55. The minimum Gasteiger partial charge on any atom is -0.469 e. The third-order valence-corrected chi connectivity index (χ3v) is 3.83. The molecule has 0 atom stereocenters. The quantitative estimate of drug-likeness (QED) is 0.862. The first kappa shape index (κ1) is 14.0. The SMILES string of the molecule is COC(=O)Cc1csc(Nc2ccc(Br)cc2C)n1. The highest BCUT2D eigenvalue weighted by molar-refractivity contribution is 9.10. The van der Waals surface area contributed by atoms with Crippen LogP contribution in [0.3, 0.4) is 0 Å². The van der Waals surface area contributed by atoms with Crippen LogP contribution in [-0.4, -0.2) is 18.1 Å². The number of aryl methyl sites for hydroxylation is 1. The zero-order valence-electron chi connectivity index (χ0n) is 10.6. The summed E-state index contributed by atoms with van der Waals surface area (Å²) in [5.74, 6) is -0.281. The molecule has 0 aliphatic heterocycles. The van der Waals surface area contributed by atoms with Gasteiger partial charge in [0, 0.05) is 15.5 Å². The molecule has 0 unspecified atom stereocenters. The molecule has 1 N–H and O–H groups in total. The number of rotatable bonds is 4. The Balaban J connectivity index is 2.09. The van der Waals surface area contributed by atoms with E-state index in [0.717, 1.165) is 20.9 Å². The first-order valence-electron chi connectivity index (χ1n) is 5.63. The number of benzene rings is 1. The molecule has 100 valence electrons. The second-order valence-corrected chi connectivity index (χ2v) is 5.75. The molecule has 1 aromatic heterocycles. The first-order chi connectivity index (χ1) is 9.08. The number of nitrogens with zero attached hydrogens (tertiary/aromatic N) is 1. The van der Waals surface area contributed by atoms with Crippen LogP contribution >= 0.6 is 27.3 Å². The molecule has 2 aromatic rings. The summed E-state index contributed by atoms with van der Waals surface area (Å²) in [6.45, 7) is 2.02. The number of anilines is 2. The van der Waals surface area contributed by atoms with Crippen molar-refractivity contribution in [3.05, 3.63) is 39.3 Å². The van der Waals surface area contributed by atoms with Crippen LogP contribution in [-0.2, 0) is 16.0 Å². The van der Waals surface area contributed by atoms with Crippen LogP contribution in [0.15, 0.2) is 28.1 Å². The molecule has 0 saturated heterocycles. The summed E-state index contributed by atoms with van der Waals surface area (Å²) in [6.07, 6.45) is 0.202. The molecule has 0 spiro atoms. The Bertz CT molecular complexity index is 598. The van der Waals surface area contributed by atoms with Gasteiger partial charge < -0.3 is 10.1 Å². The lowest BCUT2D eigenvalue weighted by atomic mass is 10.2. The van der Waals surface area contributed by atoms with E-state index in [1.807, 2.05) is 30.5 Å². The van der Waals surface area contributed by atoms with Gasteiger partial charge in [0.05, 0.1) is 19.2 Å². The normalized spacial score (nSPS) is 10.3. The second-order valence-electron chi connectivity index (χ2n) is 3.98. The van der Waals surface area contributed by atoms with Gasteiger partial charge in [0.2, 0.25) is 0 Å². The van der Waals surface area contributed by atoms with Crippen LogP contribution in [0.25, 0.3) is 0 Å². The molecule has 0 aliphatic carbocycles. The molecule has 6 heteroatoms. The minimum absolute atomic E-state index is 0.202. The zero-order chi connectivity index (χ0) is 13.8. The molecule has 4 nitrogen and oxygen atoms in total. The first-order valence-corrected chi connectivity index (χ1v) is 7.30. The molecule has 0 saturated carbocycles. The van der Waals surface area contributed by atoms with Crippen molar-refractivity contribution in [2.24, 2.45) is 0 Å². The fraction of sp³-hybridized carbons (Fsp3) is 0.231. The van der Waals surface area contributed by atoms with Gasteiger partial charge in [0.25, 0.3) is 0 Å². The third-order valence-electron chi connectivity index (χ3n) is 2.53. The van der Waals surface area contributed by atoms with E-state index >= 15 is 0 Å². The Labute approximate surface area is 124 Å². The van der Waals surface area contributed by atoms with Crippen molar-refractivity contribution in [1.82, 2.24) is 4.98 Å². The highest BCUT2D eigenvalue weighted by atomic mass is 79.9. The van der Waals surface area contributed by atoms with E-state index < -0.39 is 0 Å². The van der Waals surface area contributed by atoms with Crippen LogP contribution in [0.4, 0.5) is 10.8 Å². The number of thiazole rings is 1. The van der Waals surface area contributed by atoms with Crippen molar-refractivity contribution in [2.75, 3.05) is 12.4 Å². The lowest BCUT2D eigenvalue weighted by molar-refractivity contribution is -0.139. The van der Waals surface area contributed by atoms with Gasteiger partial charge in [-0.2, -0.15) is 0 Å². The Kier molecular flexibility index (Phi) is 4.55. The molecule has 0 amide bonds. The summed E-state index contributed by atoms with van der Waals surface area (Å²) in [7, 11) is 1.37. The summed E-state index contributed by atoms with van der Waals surface area (Å²) in [6, 6.07) is 5.99. The number of esters is 1. The lowest BCUT2D eigenvalue weighted by Crippen LogP contribution is -2.04. The van der Waals surface area contributed by atoms with Gasteiger partial charge in [-0.15, -0.1) is 11.3 Å². The summed E-state index contributed by atoms with van der Waals surface area (Å²) in [5.41, 5.74) is 2.84. The molecule has 0 aliphatic rings. The molecule has 2 rings (SSSR count). The predicted molar refractivity (Wildman–Crippen MR) is 80.0 cm³/mol. The maximum atomic E-state index is 11.2. The van der Waals surface area contributed by atoms with E-state index in [0.29, 0.717) is 5.69 Å². The van der Waals surface area contributed by atoms with E-state index in [-0.39, 0.29) is 12.4 Å². The Morgan fingerprint density at radius 2 is 2.32 bits per heavy atom. The largest absolute Gasteiger partial charge is 0.469 e. The maximum absolute atomic E-state index is 11.2. The maximum Gasteiger partial charge on any atom is 0.311 e. The molecular weight excluding hydrogens is 328 g/mol. The van der Waals surface area contributed by atoms with Crippen molar-refractivity contribution < 1.29 is 9.53 Å². The van der Waals surface area contributed by atoms with E-state index in [2.05, 4.69) is 31.0 Å². The van der Waals surface area contributed by atoms with Gasteiger partial charge in [-0.1, -0.05) is 15.9 Å². The minimum atomic E-state index is -0.281. The van der Waals surface area contributed by atoms with Crippen LogP contribution in [0.5, 0.6) is 0 Å². The molecule has 0 bridgehead atoms. The number of methoxy groups -OCH3 is 1. The topological polar surface area (TPSA) is 51.2 Å². The summed E-state index contributed by atoms with van der Waals surface area (Å²) in [5, 5.41) is 5.87. The second kappa shape index (κ2) is 6.16. The number of carbonyl (C=O) groups is 1. The fourth-order valence-corrected chi connectivity index (χ4v) is 2.75. The van der Waals surface area contributed by atoms with E-state index in [4.69, 9.17) is 0 Å². The Hall–Kier alpha value is -1.40. The highest BCUT2D eigenvalue weighted by Crippen LogP contribution is 2.25. The number of hydrogen-bond acceptors (Lipinski definition) is 5. The van der Waals surface area contributed by atoms with Crippen LogP contribution < -0.4 is 5.32 Å². The van der Waals surface area contributed by atoms with Gasteiger partial charge in [-0.3, -0.25) is 4.79 Å². The van der Waals surface area contributed by atoms with Crippen LogP contribution in [0.1, 0.15) is 11.3 Å². The molecule has 19 heavy (non-hydrogen) atoms. The monoisotopic (exact) mass is 340 g/mol. The zero-order valence-corrected chi connectivity index (χ0v) is 13.0. The molecular formula is C13H13BrN2O2S. The Morgan fingerprint density at radius 3 is 3.00 bits per heavy atom. The average molecular weight is 341 g/mol. The molecule has 0 radical (unpaired) electrons. The number of hydrogen-bond donors (Lipinski definition) is 1. The van der Waals surface area contributed by atoms with Crippen molar-refractivity contribution in [3.8, 4) is 0 Å². The summed E-state index contributed by atoms with van der Waals surface area (Å²) < 4.78 is 5.66.